The minimum Gasteiger partial charge on any atom is -0.395 e. The van der Waals surface area contributed by atoms with E-state index in [0.29, 0.717) is 17.3 Å². The summed E-state index contributed by atoms with van der Waals surface area (Å²) in [5.74, 6) is 0.872. The van der Waals surface area contributed by atoms with E-state index < -0.39 is 0 Å². The van der Waals surface area contributed by atoms with Crippen LogP contribution in [0.25, 0.3) is 11.2 Å². The van der Waals surface area contributed by atoms with Crippen molar-refractivity contribution in [3.05, 3.63) is 10.4 Å². The van der Waals surface area contributed by atoms with Gasteiger partial charge in [0.2, 0.25) is 5.95 Å². The summed E-state index contributed by atoms with van der Waals surface area (Å²) in [4.78, 5) is 22.3. The van der Waals surface area contributed by atoms with Crippen LogP contribution in [0, 0.1) is 0 Å². The van der Waals surface area contributed by atoms with Crippen LogP contribution in [0.5, 0.6) is 0 Å². The van der Waals surface area contributed by atoms with E-state index in [4.69, 9.17) is 10.8 Å². The molecule has 0 radical (unpaired) electrons. The summed E-state index contributed by atoms with van der Waals surface area (Å²) in [5.41, 5.74) is 5.80. The van der Waals surface area contributed by atoms with Gasteiger partial charge in [-0.2, -0.15) is 4.98 Å². The van der Waals surface area contributed by atoms with E-state index in [1.807, 2.05) is 6.92 Å². The van der Waals surface area contributed by atoms with Crippen molar-refractivity contribution in [2.75, 3.05) is 18.1 Å². The molecule has 2 aromatic rings. The lowest BCUT2D eigenvalue weighted by Gasteiger charge is -2.04. The van der Waals surface area contributed by atoms with Gasteiger partial charge in [0.1, 0.15) is 0 Å². The van der Waals surface area contributed by atoms with E-state index in [9.17, 15) is 4.79 Å². The normalized spacial score (nSPS) is 11.2. The number of H-pyrrole nitrogens is 1. The summed E-state index contributed by atoms with van der Waals surface area (Å²) in [6.07, 6.45) is 0. The molecule has 2 rings (SSSR count). The van der Waals surface area contributed by atoms with Crippen LogP contribution in [0.2, 0.25) is 0 Å². The highest BCUT2D eigenvalue weighted by Crippen LogP contribution is 2.20. The van der Waals surface area contributed by atoms with E-state index in [0.717, 1.165) is 5.75 Å². The first-order valence-electron chi connectivity index (χ1n) is 5.17. The van der Waals surface area contributed by atoms with Crippen molar-refractivity contribution < 1.29 is 5.11 Å². The third-order valence-corrected chi connectivity index (χ3v) is 3.04. The van der Waals surface area contributed by atoms with E-state index in [1.165, 1.54) is 11.8 Å². The van der Waals surface area contributed by atoms with Crippen molar-refractivity contribution in [2.45, 2.75) is 18.6 Å². The number of aliphatic hydroxyl groups is 1. The number of aliphatic hydroxyl groups excluding tert-OH is 1. The third-order valence-electron chi connectivity index (χ3n) is 2.19. The summed E-state index contributed by atoms with van der Waals surface area (Å²) in [6, 6.07) is 0. The third kappa shape index (κ3) is 2.13. The zero-order valence-electron chi connectivity index (χ0n) is 9.30. The Bertz CT molecular complexity index is 591. The average Bonchev–Trinajstić information content (AvgIpc) is 2.59. The molecule has 0 atom stereocenters. The molecule has 0 saturated carbocycles. The monoisotopic (exact) mass is 255 g/mol. The van der Waals surface area contributed by atoms with Crippen molar-refractivity contribution in [1.82, 2.24) is 19.5 Å². The lowest BCUT2D eigenvalue weighted by atomic mass is 10.5. The highest BCUT2D eigenvalue weighted by molar-refractivity contribution is 7.99. The molecule has 17 heavy (non-hydrogen) atoms. The number of hydrogen-bond donors (Lipinski definition) is 3. The molecule has 0 amide bonds. The topological polar surface area (TPSA) is 110 Å². The van der Waals surface area contributed by atoms with Crippen LogP contribution in [0.4, 0.5) is 5.95 Å². The van der Waals surface area contributed by atoms with Gasteiger partial charge in [-0.3, -0.25) is 9.78 Å². The van der Waals surface area contributed by atoms with Crippen LogP contribution in [-0.2, 0) is 6.54 Å². The predicted molar refractivity (Wildman–Crippen MR) is 66.0 cm³/mol. The number of thioether (sulfide) groups is 1. The number of fused-ring (bicyclic) bond motifs is 1. The standard InChI is InChI=1S/C9H13N5O2S/c1-2-17-9-11-5-6(14(9)3-4-15)12-8(10)13-7(5)16/h15H,2-4H2,1H3,(H3,10,12,13,16). The van der Waals surface area contributed by atoms with Crippen molar-refractivity contribution >= 4 is 28.9 Å². The number of nitrogens with two attached hydrogens (primary N) is 1. The average molecular weight is 255 g/mol. The number of anilines is 1. The highest BCUT2D eigenvalue weighted by atomic mass is 32.2. The van der Waals surface area contributed by atoms with E-state index in [2.05, 4.69) is 15.0 Å². The first-order chi connectivity index (χ1) is 8.17. The Labute approximate surface area is 101 Å². The quantitative estimate of drug-likeness (QED) is 0.653. The Morgan fingerprint density at radius 2 is 2.29 bits per heavy atom. The van der Waals surface area contributed by atoms with Crippen LogP contribution in [0.15, 0.2) is 9.95 Å². The Balaban J connectivity index is 2.70. The zero-order valence-corrected chi connectivity index (χ0v) is 10.1. The van der Waals surface area contributed by atoms with E-state index >= 15 is 0 Å². The molecule has 0 aromatic carbocycles. The molecule has 0 aliphatic heterocycles. The lowest BCUT2D eigenvalue weighted by Crippen LogP contribution is -2.12. The van der Waals surface area contributed by atoms with Crippen LogP contribution < -0.4 is 11.3 Å². The van der Waals surface area contributed by atoms with E-state index in [1.54, 1.807) is 4.57 Å². The molecule has 4 N–H and O–H groups in total. The van der Waals surface area contributed by atoms with Gasteiger partial charge >= 0.3 is 0 Å². The fourth-order valence-corrected chi connectivity index (χ4v) is 2.30. The number of nitrogens with zero attached hydrogens (tertiary/aromatic N) is 3. The number of aromatic nitrogens is 4. The summed E-state index contributed by atoms with van der Waals surface area (Å²) >= 11 is 1.49. The van der Waals surface area contributed by atoms with Crippen molar-refractivity contribution in [3.63, 3.8) is 0 Å². The van der Waals surface area contributed by atoms with Crippen LogP contribution in [-0.4, -0.2) is 37.0 Å². The Kier molecular flexibility index (Phi) is 3.34. The smallest absolute Gasteiger partial charge is 0.280 e. The molecule has 0 aliphatic carbocycles. The Morgan fingerprint density at radius 3 is 2.94 bits per heavy atom. The molecule has 0 bridgehead atoms. The van der Waals surface area contributed by atoms with Gasteiger partial charge in [0.05, 0.1) is 6.61 Å². The van der Waals surface area contributed by atoms with Gasteiger partial charge in [0.15, 0.2) is 16.3 Å². The van der Waals surface area contributed by atoms with Gasteiger partial charge in [-0.1, -0.05) is 18.7 Å². The highest BCUT2D eigenvalue weighted by Gasteiger charge is 2.14. The summed E-state index contributed by atoms with van der Waals surface area (Å²) in [7, 11) is 0. The van der Waals surface area contributed by atoms with Gasteiger partial charge in [-0.05, 0) is 5.75 Å². The number of nitrogen functional groups attached to an aromatic ring is 1. The Hall–Kier alpha value is -1.54. The maximum absolute atomic E-state index is 11.7. The van der Waals surface area contributed by atoms with Crippen LogP contribution >= 0.6 is 11.8 Å². The zero-order chi connectivity index (χ0) is 12.4. The number of nitrogens with one attached hydrogen (secondary N) is 1. The largest absolute Gasteiger partial charge is 0.395 e. The van der Waals surface area contributed by atoms with Gasteiger partial charge in [0.25, 0.3) is 5.56 Å². The fourth-order valence-electron chi connectivity index (χ4n) is 1.55. The number of hydrogen-bond acceptors (Lipinski definition) is 6. The SMILES string of the molecule is CCSc1nc2c(=O)[nH]c(N)nc2n1CCO. The molecule has 2 aromatic heterocycles. The second-order valence-electron chi connectivity index (χ2n) is 3.33. The molecule has 0 aliphatic rings. The van der Waals surface area contributed by atoms with E-state index in [-0.39, 0.29) is 23.6 Å². The maximum Gasteiger partial charge on any atom is 0.280 e. The minimum atomic E-state index is -0.359. The number of imidazole rings is 1. The lowest BCUT2D eigenvalue weighted by molar-refractivity contribution is 0.273. The molecule has 92 valence electrons. The van der Waals surface area contributed by atoms with Gasteiger partial charge in [0, 0.05) is 6.54 Å². The molecule has 2 heterocycles. The molecule has 0 spiro atoms. The van der Waals surface area contributed by atoms with Gasteiger partial charge < -0.3 is 15.4 Å². The summed E-state index contributed by atoms with van der Waals surface area (Å²) < 4.78 is 1.70. The summed E-state index contributed by atoms with van der Waals surface area (Å²) in [5, 5.41) is 9.69. The molecular weight excluding hydrogens is 242 g/mol. The van der Waals surface area contributed by atoms with Crippen molar-refractivity contribution in [1.29, 1.82) is 0 Å². The minimum absolute atomic E-state index is 0.0445. The maximum atomic E-state index is 11.7. The van der Waals surface area contributed by atoms with Gasteiger partial charge in [-0.15, -0.1) is 0 Å². The van der Waals surface area contributed by atoms with Crippen molar-refractivity contribution in [2.24, 2.45) is 0 Å². The Morgan fingerprint density at radius 1 is 1.53 bits per heavy atom. The van der Waals surface area contributed by atoms with Crippen LogP contribution in [0.3, 0.4) is 0 Å². The predicted octanol–water partition coefficient (Wildman–Crippen LogP) is -0.194. The first-order valence-corrected chi connectivity index (χ1v) is 6.15. The fraction of sp³-hybridized carbons (Fsp3) is 0.444. The molecule has 8 heteroatoms. The van der Waals surface area contributed by atoms with Crippen molar-refractivity contribution in [3.8, 4) is 0 Å². The number of aromatic amines is 1. The number of rotatable bonds is 4. The molecule has 0 saturated heterocycles. The second kappa shape index (κ2) is 4.76. The second-order valence-corrected chi connectivity index (χ2v) is 4.56. The first kappa shape index (κ1) is 11.9. The molecule has 0 fully saturated rings. The van der Waals surface area contributed by atoms with Crippen LogP contribution in [0.1, 0.15) is 6.92 Å². The summed E-state index contributed by atoms with van der Waals surface area (Å²) in [6.45, 7) is 2.28. The molecule has 0 unspecified atom stereocenters. The molecular formula is C9H13N5O2S. The molecule has 7 nitrogen and oxygen atoms in total. The van der Waals surface area contributed by atoms with Gasteiger partial charge in [-0.25, -0.2) is 4.98 Å².